The van der Waals surface area contributed by atoms with Crippen LogP contribution in [0.5, 0.6) is 0 Å². The Bertz CT molecular complexity index is 1350. The maximum Gasteiger partial charge on any atom is 0.306 e. The van der Waals surface area contributed by atoms with E-state index in [9.17, 15) is 14.7 Å². The molecule has 39 heavy (non-hydrogen) atoms. The predicted octanol–water partition coefficient (Wildman–Crippen LogP) is 5.66. The van der Waals surface area contributed by atoms with Crippen LogP contribution >= 0.6 is 45.9 Å². The summed E-state index contributed by atoms with van der Waals surface area (Å²) < 4.78 is 0. The molecule has 0 bridgehead atoms. The van der Waals surface area contributed by atoms with Gasteiger partial charge in [-0.05, 0) is 38.8 Å². The van der Waals surface area contributed by atoms with Crippen LogP contribution in [-0.4, -0.2) is 77.2 Å². The average Bonchev–Trinajstić information content (AvgIpc) is 3.54. The lowest BCUT2D eigenvalue weighted by Crippen LogP contribution is -2.48. The van der Waals surface area contributed by atoms with Crippen molar-refractivity contribution in [3.63, 3.8) is 0 Å². The van der Waals surface area contributed by atoms with Gasteiger partial charge in [-0.3, -0.25) is 19.8 Å². The van der Waals surface area contributed by atoms with Gasteiger partial charge in [-0.2, -0.15) is 0 Å². The number of pyridine rings is 1. The molecule has 0 radical (unpaired) electrons. The Morgan fingerprint density at radius 2 is 1.79 bits per heavy atom. The van der Waals surface area contributed by atoms with Crippen molar-refractivity contribution in [2.24, 2.45) is 5.92 Å². The van der Waals surface area contributed by atoms with Gasteiger partial charge >= 0.3 is 5.97 Å². The van der Waals surface area contributed by atoms with Crippen molar-refractivity contribution in [2.75, 3.05) is 54.4 Å². The van der Waals surface area contributed by atoms with Gasteiger partial charge in [-0.1, -0.05) is 34.5 Å². The predicted molar refractivity (Wildman–Crippen MR) is 159 cm³/mol. The summed E-state index contributed by atoms with van der Waals surface area (Å²) in [6, 6.07) is 4.01. The first-order chi connectivity index (χ1) is 18.7. The number of aliphatic carboxylic acids is 1. The molecule has 0 unspecified atom stereocenters. The van der Waals surface area contributed by atoms with Crippen molar-refractivity contribution in [1.82, 2.24) is 14.9 Å². The fourth-order valence-electron chi connectivity index (χ4n) is 4.91. The lowest BCUT2D eigenvalue weighted by Gasteiger charge is -2.37. The number of nitrogens with zero attached hydrogens (tertiary/aromatic N) is 5. The van der Waals surface area contributed by atoms with E-state index in [1.165, 1.54) is 28.9 Å². The van der Waals surface area contributed by atoms with E-state index in [1.54, 1.807) is 6.07 Å². The Labute approximate surface area is 245 Å². The first-order valence-electron chi connectivity index (χ1n) is 12.9. The topological polar surface area (TPSA) is 102 Å². The fraction of sp³-hybridized carbons (Fsp3) is 0.462. The zero-order valence-electron chi connectivity index (χ0n) is 21.7. The number of piperidine rings is 1. The monoisotopic (exact) mass is 608 g/mol. The summed E-state index contributed by atoms with van der Waals surface area (Å²) in [6.07, 6.45) is 2.57. The van der Waals surface area contributed by atoms with E-state index < -0.39 is 5.97 Å². The van der Waals surface area contributed by atoms with E-state index in [1.807, 2.05) is 16.3 Å². The Morgan fingerprint density at radius 3 is 2.38 bits per heavy atom. The molecule has 2 aliphatic heterocycles. The molecule has 5 rings (SSSR count). The zero-order valence-corrected chi connectivity index (χ0v) is 24.8. The molecular weight excluding hydrogens is 579 g/mol. The van der Waals surface area contributed by atoms with Crippen LogP contribution < -0.4 is 15.1 Å². The van der Waals surface area contributed by atoms with Gasteiger partial charge in [0, 0.05) is 56.9 Å². The second-order valence-corrected chi connectivity index (χ2v) is 12.7. The van der Waals surface area contributed by atoms with Crippen LogP contribution in [0.2, 0.25) is 10.0 Å². The summed E-state index contributed by atoms with van der Waals surface area (Å²) in [5.41, 5.74) is 1.15. The normalized spacial score (nSPS) is 17.2. The first-order valence-corrected chi connectivity index (χ1v) is 15.3. The number of carboxylic acid groups (broad SMARTS) is 1. The van der Waals surface area contributed by atoms with Crippen LogP contribution in [0, 0.1) is 5.92 Å². The van der Waals surface area contributed by atoms with Gasteiger partial charge in [0.2, 0.25) is 0 Å². The van der Waals surface area contributed by atoms with Gasteiger partial charge in [0.25, 0.3) is 5.91 Å². The number of thiazole rings is 1. The Kier molecular flexibility index (Phi) is 8.63. The maximum absolute atomic E-state index is 13.2. The van der Waals surface area contributed by atoms with Crippen LogP contribution in [0.3, 0.4) is 0 Å². The Hall–Kier alpha value is -2.44. The quantitative estimate of drug-likeness (QED) is 0.354. The number of piperazine rings is 1. The number of aromatic nitrogens is 2. The molecule has 1 amide bonds. The molecule has 9 nitrogen and oxygen atoms in total. The molecule has 13 heteroatoms. The second kappa shape index (κ2) is 12.0. The molecule has 3 aromatic rings. The van der Waals surface area contributed by atoms with E-state index in [0.29, 0.717) is 58.5 Å². The molecule has 2 fully saturated rings. The van der Waals surface area contributed by atoms with Gasteiger partial charge in [0.05, 0.1) is 26.4 Å². The van der Waals surface area contributed by atoms with Crippen LogP contribution in [-0.2, 0) is 4.79 Å². The van der Waals surface area contributed by atoms with Crippen molar-refractivity contribution in [2.45, 2.75) is 32.7 Å². The highest BCUT2D eigenvalue weighted by molar-refractivity contribution is 7.21. The molecule has 2 N–H and O–H groups in total. The third-order valence-corrected chi connectivity index (χ3v) is 9.78. The number of hydrogen-bond donors (Lipinski definition) is 2. The number of hydrogen-bond acceptors (Lipinski definition) is 9. The van der Waals surface area contributed by atoms with E-state index >= 15 is 0 Å². The minimum atomic E-state index is -0.769. The highest BCUT2D eigenvalue weighted by Gasteiger charge is 2.28. The Balaban J connectivity index is 1.32. The van der Waals surface area contributed by atoms with Crippen molar-refractivity contribution < 1.29 is 14.7 Å². The smallest absolute Gasteiger partial charge is 0.306 e. The highest BCUT2D eigenvalue weighted by atomic mass is 35.5. The minimum absolute atomic E-state index is 0.326. The average molecular weight is 610 g/mol. The summed E-state index contributed by atoms with van der Waals surface area (Å²) in [5, 5.41) is 16.6. The second-order valence-electron chi connectivity index (χ2n) is 10.0. The lowest BCUT2D eigenvalue weighted by atomic mass is 9.97. The maximum atomic E-state index is 13.2. The van der Waals surface area contributed by atoms with Gasteiger partial charge in [0.15, 0.2) is 5.13 Å². The van der Waals surface area contributed by atoms with Crippen LogP contribution in [0.25, 0.3) is 10.6 Å². The molecular formula is C26H30Cl2N6O3S2. The number of thiophene rings is 1. The molecule has 0 aliphatic carbocycles. The van der Waals surface area contributed by atoms with Crippen LogP contribution in [0.1, 0.15) is 37.0 Å². The van der Waals surface area contributed by atoms with Gasteiger partial charge in [-0.15, -0.1) is 11.3 Å². The molecule has 208 valence electrons. The third kappa shape index (κ3) is 6.33. The highest BCUT2D eigenvalue weighted by Crippen LogP contribution is 2.42. The number of rotatable bonds is 7. The van der Waals surface area contributed by atoms with Gasteiger partial charge in [0.1, 0.15) is 16.5 Å². The van der Waals surface area contributed by atoms with Crippen LogP contribution in [0.15, 0.2) is 23.7 Å². The number of anilines is 3. The molecule has 2 aliphatic rings. The molecule has 0 saturated carbocycles. The SMILES string of the molecule is CC(C)N1CCN(c2sc(NC(=O)c3cnc(N4CCC(C(=O)O)CC4)c(Cl)c3)nc2-c2cc(Cl)cs2)CC1. The van der Waals surface area contributed by atoms with Crippen LogP contribution in [0.4, 0.5) is 16.0 Å². The van der Waals surface area contributed by atoms with E-state index in [2.05, 4.69) is 33.9 Å². The number of carboxylic acids is 1. The Morgan fingerprint density at radius 1 is 1.08 bits per heavy atom. The largest absolute Gasteiger partial charge is 0.481 e. The minimum Gasteiger partial charge on any atom is -0.481 e. The number of amides is 1. The van der Waals surface area contributed by atoms with Gasteiger partial charge < -0.3 is 14.9 Å². The summed E-state index contributed by atoms with van der Waals surface area (Å²) in [4.78, 5) is 41.4. The summed E-state index contributed by atoms with van der Waals surface area (Å²) in [6.45, 7) is 9.22. The number of nitrogens with one attached hydrogen (secondary N) is 1. The molecule has 0 spiro atoms. The van der Waals surface area contributed by atoms with Crippen molar-refractivity contribution in [3.05, 3.63) is 39.3 Å². The standard InChI is InChI=1S/C26H30Cl2N6O3S2/c1-15(2)32-7-9-34(10-8-32)24-21(20-12-18(27)14-38-20)30-26(39-24)31-23(35)17-11-19(28)22(29-13-17)33-5-3-16(4-6-33)25(36)37/h11-16H,3-10H2,1-2H3,(H,36,37)(H,30,31,35). The summed E-state index contributed by atoms with van der Waals surface area (Å²) in [7, 11) is 0. The lowest BCUT2D eigenvalue weighted by molar-refractivity contribution is -0.142. The van der Waals surface area contributed by atoms with Crippen molar-refractivity contribution in [1.29, 1.82) is 0 Å². The van der Waals surface area contributed by atoms with Crippen molar-refractivity contribution >= 4 is 73.7 Å². The van der Waals surface area contributed by atoms with Crippen molar-refractivity contribution in [3.8, 4) is 10.6 Å². The summed E-state index contributed by atoms with van der Waals surface area (Å²) >= 11 is 15.7. The molecule has 5 heterocycles. The molecule has 0 atom stereocenters. The zero-order chi connectivity index (χ0) is 27.7. The number of carbonyl (C=O) groups is 2. The molecule has 0 aromatic carbocycles. The third-order valence-electron chi connectivity index (χ3n) is 7.19. The number of carbonyl (C=O) groups excluding carboxylic acids is 1. The van der Waals surface area contributed by atoms with E-state index in [0.717, 1.165) is 41.8 Å². The number of halogens is 2. The fourth-order valence-corrected chi connectivity index (χ4v) is 7.36. The van der Waals surface area contributed by atoms with E-state index in [-0.39, 0.29) is 11.8 Å². The first kappa shape index (κ1) is 28.1. The van der Waals surface area contributed by atoms with Gasteiger partial charge in [-0.25, -0.2) is 9.97 Å². The molecule has 2 saturated heterocycles. The van der Waals surface area contributed by atoms with E-state index in [4.69, 9.17) is 28.2 Å². The molecule has 3 aromatic heterocycles. The summed E-state index contributed by atoms with van der Waals surface area (Å²) in [5.74, 6) is -0.899.